The number of hydrogen-bond donors (Lipinski definition) is 1. The van der Waals surface area contributed by atoms with Crippen LogP contribution in [0.2, 0.25) is 0 Å². The molecular weight excluding hydrogens is 145 g/mol. The topological polar surface area (TPSA) is 90.7 Å². The van der Waals surface area contributed by atoms with E-state index in [2.05, 4.69) is 5.73 Å². The maximum atomic E-state index is 9.94. The largest absolute Gasteiger partial charge is 0.368 e. The molecule has 5 heteroatoms. The molecule has 0 aromatic carbocycles. The summed E-state index contributed by atoms with van der Waals surface area (Å²) in [4.78, 5) is 9.94. The number of carbonyl (C=O) groups is 1. The number of nitrogens with zero attached hydrogens (tertiary/aromatic N) is 2. The number of amides is 1. The minimum absolute atomic E-state index is 0. The molecule has 0 atom stereocenters. The SMILES string of the molecule is N#CC(C#N)C(N)=O.[K]. The van der Waals surface area contributed by atoms with E-state index < -0.39 is 11.8 Å². The molecule has 1 radical (unpaired) electrons. The van der Waals surface area contributed by atoms with Crippen molar-refractivity contribution in [1.82, 2.24) is 0 Å². The summed E-state index contributed by atoms with van der Waals surface area (Å²) in [5.74, 6) is -2.19. The van der Waals surface area contributed by atoms with Crippen LogP contribution in [0.25, 0.3) is 0 Å². The van der Waals surface area contributed by atoms with Gasteiger partial charge < -0.3 is 5.73 Å². The minimum Gasteiger partial charge on any atom is -0.368 e. The number of nitriles is 2. The van der Waals surface area contributed by atoms with Gasteiger partial charge in [-0.25, -0.2) is 0 Å². The van der Waals surface area contributed by atoms with Crippen LogP contribution in [0.3, 0.4) is 0 Å². The Morgan fingerprint density at radius 2 is 1.78 bits per heavy atom. The standard InChI is InChI=1S/C4H3N3O.K/c5-1-3(2-6)4(7)8;/h3H,(H2,7,8);. The molecule has 2 N–H and O–H groups in total. The molecule has 9 heavy (non-hydrogen) atoms. The Morgan fingerprint density at radius 3 is 1.78 bits per heavy atom. The van der Waals surface area contributed by atoms with Crippen LogP contribution in [0.5, 0.6) is 0 Å². The summed E-state index contributed by atoms with van der Waals surface area (Å²) in [5.41, 5.74) is 4.57. The van der Waals surface area contributed by atoms with Crippen LogP contribution < -0.4 is 5.73 Å². The molecule has 0 aromatic heterocycles. The van der Waals surface area contributed by atoms with Crippen LogP contribution in [0.15, 0.2) is 0 Å². The van der Waals surface area contributed by atoms with E-state index in [-0.39, 0.29) is 51.4 Å². The van der Waals surface area contributed by atoms with Gasteiger partial charge in [0, 0.05) is 51.4 Å². The summed E-state index contributed by atoms with van der Waals surface area (Å²) < 4.78 is 0. The Hall–Kier alpha value is 0.0864. The van der Waals surface area contributed by atoms with Crippen LogP contribution in [0.1, 0.15) is 0 Å². The van der Waals surface area contributed by atoms with Gasteiger partial charge in [0.1, 0.15) is 0 Å². The molecule has 0 spiro atoms. The van der Waals surface area contributed by atoms with Gasteiger partial charge in [0.2, 0.25) is 11.8 Å². The third-order valence-electron chi connectivity index (χ3n) is 0.543. The quantitative estimate of drug-likeness (QED) is 0.471. The fourth-order valence-electron chi connectivity index (χ4n) is 0.156. The Morgan fingerprint density at radius 1 is 1.44 bits per heavy atom. The van der Waals surface area contributed by atoms with Crippen LogP contribution in [0.4, 0.5) is 0 Å². The van der Waals surface area contributed by atoms with E-state index in [1.165, 1.54) is 12.1 Å². The smallest absolute Gasteiger partial charge is 0.249 e. The van der Waals surface area contributed by atoms with Gasteiger partial charge in [0.15, 0.2) is 0 Å². The first-order valence-corrected chi connectivity index (χ1v) is 1.81. The Bertz CT molecular complexity index is 163. The zero-order valence-electron chi connectivity index (χ0n) is 4.96. The van der Waals surface area contributed by atoms with Crippen molar-refractivity contribution in [3.05, 3.63) is 0 Å². The number of nitrogens with two attached hydrogens (primary N) is 1. The zero-order valence-corrected chi connectivity index (χ0v) is 8.08. The van der Waals surface area contributed by atoms with E-state index in [0.717, 1.165) is 0 Å². The van der Waals surface area contributed by atoms with Gasteiger partial charge in [0.25, 0.3) is 0 Å². The van der Waals surface area contributed by atoms with Crippen LogP contribution >= 0.6 is 0 Å². The molecule has 0 saturated carbocycles. The van der Waals surface area contributed by atoms with Crippen molar-refractivity contribution < 1.29 is 4.79 Å². The first-order valence-electron chi connectivity index (χ1n) is 1.81. The van der Waals surface area contributed by atoms with Crippen molar-refractivity contribution >= 4 is 57.3 Å². The summed E-state index contributed by atoms with van der Waals surface area (Å²) in [7, 11) is 0. The molecule has 0 fully saturated rings. The van der Waals surface area contributed by atoms with Crippen molar-refractivity contribution in [2.75, 3.05) is 0 Å². The predicted molar refractivity (Wildman–Crippen MR) is 29.7 cm³/mol. The van der Waals surface area contributed by atoms with Crippen molar-refractivity contribution in [2.24, 2.45) is 11.7 Å². The van der Waals surface area contributed by atoms with Gasteiger partial charge in [-0.1, -0.05) is 0 Å². The summed E-state index contributed by atoms with van der Waals surface area (Å²) >= 11 is 0. The summed E-state index contributed by atoms with van der Waals surface area (Å²) in [6, 6.07) is 2.83. The molecule has 0 heterocycles. The Labute approximate surface area is 95.0 Å². The predicted octanol–water partition coefficient (Wildman–Crippen LogP) is -1.25. The second-order valence-corrected chi connectivity index (χ2v) is 1.09. The molecule has 41 valence electrons. The molecular formula is C4H3KN3O. The van der Waals surface area contributed by atoms with Crippen molar-refractivity contribution in [2.45, 2.75) is 0 Å². The van der Waals surface area contributed by atoms with E-state index in [9.17, 15) is 4.79 Å². The van der Waals surface area contributed by atoms with E-state index >= 15 is 0 Å². The van der Waals surface area contributed by atoms with Crippen molar-refractivity contribution in [1.29, 1.82) is 10.5 Å². The van der Waals surface area contributed by atoms with Gasteiger partial charge >= 0.3 is 0 Å². The van der Waals surface area contributed by atoms with Gasteiger partial charge in [-0.2, -0.15) is 10.5 Å². The monoisotopic (exact) mass is 148 g/mol. The molecule has 0 bridgehead atoms. The second kappa shape index (κ2) is 6.21. The fourth-order valence-corrected chi connectivity index (χ4v) is 0.156. The number of rotatable bonds is 1. The van der Waals surface area contributed by atoms with Crippen LogP contribution in [-0.4, -0.2) is 57.3 Å². The molecule has 0 aliphatic carbocycles. The van der Waals surface area contributed by atoms with E-state index in [1.807, 2.05) is 0 Å². The molecule has 0 aliphatic rings. The normalized spacial score (nSPS) is 6.56. The summed E-state index contributed by atoms with van der Waals surface area (Å²) in [5, 5.41) is 15.8. The molecule has 0 unspecified atom stereocenters. The number of hydrogen-bond acceptors (Lipinski definition) is 3. The molecule has 0 saturated heterocycles. The molecule has 0 aromatic rings. The first-order chi connectivity index (χ1) is 3.72. The maximum Gasteiger partial charge on any atom is 0.249 e. The van der Waals surface area contributed by atoms with Gasteiger partial charge in [-0.05, 0) is 0 Å². The maximum absolute atomic E-state index is 9.94. The molecule has 4 nitrogen and oxygen atoms in total. The number of primary amides is 1. The first kappa shape index (κ1) is 11.8. The van der Waals surface area contributed by atoms with Gasteiger partial charge in [0.05, 0.1) is 12.1 Å². The zero-order chi connectivity index (χ0) is 6.57. The third kappa shape index (κ3) is 4.58. The molecule has 0 aliphatic heterocycles. The van der Waals surface area contributed by atoms with E-state index in [0.29, 0.717) is 0 Å². The second-order valence-electron chi connectivity index (χ2n) is 1.09. The average molecular weight is 148 g/mol. The number of carbonyl (C=O) groups excluding carboxylic acids is 1. The van der Waals surface area contributed by atoms with Crippen LogP contribution in [-0.2, 0) is 4.79 Å². The van der Waals surface area contributed by atoms with E-state index in [4.69, 9.17) is 10.5 Å². The Kier molecular flexibility index (Phi) is 8.16. The van der Waals surface area contributed by atoms with Crippen molar-refractivity contribution in [3.63, 3.8) is 0 Å². The third-order valence-corrected chi connectivity index (χ3v) is 0.543. The summed E-state index contributed by atoms with van der Waals surface area (Å²) in [6.45, 7) is 0. The Balaban J connectivity index is 0. The minimum atomic E-state index is -1.30. The summed E-state index contributed by atoms with van der Waals surface area (Å²) in [6.07, 6.45) is 0. The molecule has 0 rings (SSSR count). The van der Waals surface area contributed by atoms with Crippen molar-refractivity contribution in [3.8, 4) is 12.1 Å². The van der Waals surface area contributed by atoms with Gasteiger partial charge in [-0.15, -0.1) is 0 Å². The van der Waals surface area contributed by atoms with Crippen LogP contribution in [0, 0.1) is 28.6 Å². The molecule has 1 amide bonds. The fraction of sp³-hybridized carbons (Fsp3) is 0.250. The van der Waals surface area contributed by atoms with Gasteiger partial charge in [-0.3, -0.25) is 4.79 Å². The average Bonchev–Trinajstić information content (AvgIpc) is 1.69. The van der Waals surface area contributed by atoms with E-state index in [1.54, 1.807) is 0 Å².